The molecule has 0 aliphatic heterocycles. The first-order chi connectivity index (χ1) is 8.66. The summed E-state index contributed by atoms with van der Waals surface area (Å²) in [4.78, 5) is 10.7. The van der Waals surface area contributed by atoms with Gasteiger partial charge >= 0.3 is 5.97 Å². The lowest BCUT2D eigenvalue weighted by Crippen LogP contribution is -2.32. The van der Waals surface area contributed by atoms with Gasteiger partial charge in [-0.05, 0) is 23.1 Å². The number of rotatable bonds is 4. The van der Waals surface area contributed by atoms with Crippen LogP contribution >= 0.6 is 0 Å². The molecule has 0 aromatic heterocycles. The summed E-state index contributed by atoms with van der Waals surface area (Å²) in [6.45, 7) is 0. The molecule has 18 heavy (non-hydrogen) atoms. The lowest BCUT2D eigenvalue weighted by molar-refractivity contribution is -0.138. The molecule has 2 aromatic rings. The van der Waals surface area contributed by atoms with Crippen LogP contribution in [0, 0.1) is 0 Å². The number of nitrogens with two attached hydrogens (primary N) is 1. The molecular weight excluding hydrogens is 226 g/mol. The lowest BCUT2D eigenvalue weighted by atomic mass is 10.00. The molecule has 0 aliphatic carbocycles. The van der Waals surface area contributed by atoms with E-state index in [2.05, 4.69) is 0 Å². The number of carboxylic acids is 1. The maximum atomic E-state index is 10.7. The summed E-state index contributed by atoms with van der Waals surface area (Å²) in [5, 5.41) is 8.80. The van der Waals surface area contributed by atoms with E-state index in [0.717, 1.165) is 16.7 Å². The van der Waals surface area contributed by atoms with E-state index < -0.39 is 12.0 Å². The molecule has 2 rings (SSSR count). The minimum Gasteiger partial charge on any atom is -0.480 e. The van der Waals surface area contributed by atoms with E-state index in [0.29, 0.717) is 6.42 Å². The Morgan fingerprint density at radius 1 is 1.06 bits per heavy atom. The van der Waals surface area contributed by atoms with E-state index in [9.17, 15) is 4.79 Å². The molecule has 0 heterocycles. The number of aliphatic carboxylic acids is 1. The van der Waals surface area contributed by atoms with Gasteiger partial charge in [0.05, 0.1) is 0 Å². The summed E-state index contributed by atoms with van der Waals surface area (Å²) in [6, 6.07) is 16.9. The summed E-state index contributed by atoms with van der Waals surface area (Å²) in [5.41, 5.74) is 8.66. The monoisotopic (exact) mass is 241 g/mol. The van der Waals surface area contributed by atoms with Crippen LogP contribution in [-0.4, -0.2) is 17.1 Å². The normalized spacial score (nSPS) is 12.1. The van der Waals surface area contributed by atoms with Crippen molar-refractivity contribution in [3.8, 4) is 11.1 Å². The Hall–Kier alpha value is -2.13. The predicted octanol–water partition coefficient (Wildman–Crippen LogP) is 2.31. The Labute approximate surface area is 106 Å². The second-order valence-corrected chi connectivity index (χ2v) is 4.22. The van der Waals surface area contributed by atoms with Crippen LogP contribution in [0.15, 0.2) is 54.6 Å². The fourth-order valence-electron chi connectivity index (χ4n) is 1.85. The summed E-state index contributed by atoms with van der Waals surface area (Å²) in [7, 11) is 0. The molecular formula is C15H15NO2. The van der Waals surface area contributed by atoms with Crippen molar-refractivity contribution in [2.75, 3.05) is 0 Å². The van der Waals surface area contributed by atoms with Gasteiger partial charge in [-0.15, -0.1) is 0 Å². The molecule has 0 fully saturated rings. The highest BCUT2D eigenvalue weighted by Crippen LogP contribution is 2.20. The Bertz CT molecular complexity index is 537. The van der Waals surface area contributed by atoms with Gasteiger partial charge < -0.3 is 10.8 Å². The molecule has 0 radical (unpaired) electrons. The number of benzene rings is 2. The lowest BCUT2D eigenvalue weighted by Gasteiger charge is -2.08. The Kier molecular flexibility index (Phi) is 3.75. The number of carboxylic acid groups (broad SMARTS) is 1. The van der Waals surface area contributed by atoms with Crippen molar-refractivity contribution in [1.82, 2.24) is 0 Å². The Balaban J connectivity index is 2.23. The van der Waals surface area contributed by atoms with E-state index >= 15 is 0 Å². The minimum absolute atomic E-state index is 0.343. The fraction of sp³-hybridized carbons (Fsp3) is 0.133. The number of hydrogen-bond acceptors (Lipinski definition) is 2. The summed E-state index contributed by atoms with van der Waals surface area (Å²) in [5.74, 6) is -0.972. The van der Waals surface area contributed by atoms with Crippen molar-refractivity contribution in [1.29, 1.82) is 0 Å². The highest BCUT2D eigenvalue weighted by atomic mass is 16.4. The van der Waals surface area contributed by atoms with Gasteiger partial charge in [0.2, 0.25) is 0 Å². The van der Waals surface area contributed by atoms with E-state index in [4.69, 9.17) is 10.8 Å². The van der Waals surface area contributed by atoms with Crippen LogP contribution in [0.1, 0.15) is 5.56 Å². The van der Waals surface area contributed by atoms with Gasteiger partial charge in [0.25, 0.3) is 0 Å². The minimum atomic E-state index is -0.972. The molecule has 2 aromatic carbocycles. The molecule has 0 saturated heterocycles. The molecule has 0 amide bonds. The van der Waals surface area contributed by atoms with E-state index in [1.54, 1.807) is 0 Å². The molecule has 0 bridgehead atoms. The van der Waals surface area contributed by atoms with Crippen molar-refractivity contribution in [3.63, 3.8) is 0 Å². The van der Waals surface area contributed by atoms with Crippen molar-refractivity contribution in [2.24, 2.45) is 5.73 Å². The molecule has 0 spiro atoms. The van der Waals surface area contributed by atoms with Crippen LogP contribution in [0.4, 0.5) is 0 Å². The Morgan fingerprint density at radius 2 is 1.72 bits per heavy atom. The molecule has 0 saturated carbocycles. The summed E-state index contributed by atoms with van der Waals surface area (Å²) in [6.07, 6.45) is 0.343. The molecule has 3 heteroatoms. The van der Waals surface area contributed by atoms with E-state index in [-0.39, 0.29) is 0 Å². The average molecular weight is 241 g/mol. The Morgan fingerprint density at radius 3 is 2.39 bits per heavy atom. The van der Waals surface area contributed by atoms with Gasteiger partial charge in [-0.1, -0.05) is 54.6 Å². The van der Waals surface area contributed by atoms with Crippen LogP contribution in [-0.2, 0) is 11.2 Å². The zero-order chi connectivity index (χ0) is 13.0. The molecule has 3 N–H and O–H groups in total. The summed E-state index contributed by atoms with van der Waals surface area (Å²) >= 11 is 0. The third-order valence-electron chi connectivity index (χ3n) is 2.81. The first-order valence-corrected chi connectivity index (χ1v) is 5.79. The second-order valence-electron chi connectivity index (χ2n) is 4.22. The van der Waals surface area contributed by atoms with Gasteiger partial charge in [-0.2, -0.15) is 0 Å². The molecule has 0 unspecified atom stereocenters. The van der Waals surface area contributed by atoms with Crippen molar-refractivity contribution >= 4 is 5.97 Å². The van der Waals surface area contributed by atoms with Crippen LogP contribution in [0.25, 0.3) is 11.1 Å². The van der Waals surface area contributed by atoms with Gasteiger partial charge in [-0.25, -0.2) is 0 Å². The highest BCUT2D eigenvalue weighted by Gasteiger charge is 2.12. The van der Waals surface area contributed by atoms with Crippen LogP contribution < -0.4 is 5.73 Å². The second kappa shape index (κ2) is 5.47. The number of carbonyl (C=O) groups is 1. The van der Waals surface area contributed by atoms with Gasteiger partial charge in [-0.3, -0.25) is 4.79 Å². The maximum Gasteiger partial charge on any atom is 0.320 e. The number of hydrogen-bond donors (Lipinski definition) is 2. The van der Waals surface area contributed by atoms with Crippen LogP contribution in [0.3, 0.4) is 0 Å². The van der Waals surface area contributed by atoms with Gasteiger partial charge in [0, 0.05) is 0 Å². The zero-order valence-electron chi connectivity index (χ0n) is 9.91. The van der Waals surface area contributed by atoms with Crippen LogP contribution in [0.2, 0.25) is 0 Å². The SMILES string of the molecule is N[C@H](Cc1cccc(-c2ccccc2)c1)C(=O)O. The zero-order valence-corrected chi connectivity index (χ0v) is 9.91. The van der Waals surface area contributed by atoms with Crippen molar-refractivity contribution in [3.05, 3.63) is 60.2 Å². The topological polar surface area (TPSA) is 63.3 Å². The fourth-order valence-corrected chi connectivity index (χ4v) is 1.85. The van der Waals surface area contributed by atoms with Crippen molar-refractivity contribution in [2.45, 2.75) is 12.5 Å². The molecule has 0 aliphatic rings. The molecule has 92 valence electrons. The molecule has 3 nitrogen and oxygen atoms in total. The first kappa shape index (κ1) is 12.3. The van der Waals surface area contributed by atoms with Gasteiger partial charge in [0.1, 0.15) is 6.04 Å². The first-order valence-electron chi connectivity index (χ1n) is 5.79. The third kappa shape index (κ3) is 2.96. The smallest absolute Gasteiger partial charge is 0.320 e. The average Bonchev–Trinajstić information content (AvgIpc) is 2.40. The standard InChI is InChI=1S/C15H15NO2/c16-14(15(17)18)10-11-5-4-8-13(9-11)12-6-2-1-3-7-12/h1-9,14H,10,16H2,(H,17,18)/t14-/m1/s1. The largest absolute Gasteiger partial charge is 0.480 e. The van der Waals surface area contributed by atoms with Crippen molar-refractivity contribution < 1.29 is 9.90 Å². The maximum absolute atomic E-state index is 10.7. The van der Waals surface area contributed by atoms with Gasteiger partial charge in [0.15, 0.2) is 0 Å². The quantitative estimate of drug-likeness (QED) is 0.863. The van der Waals surface area contributed by atoms with Crippen LogP contribution in [0.5, 0.6) is 0 Å². The predicted molar refractivity (Wildman–Crippen MR) is 71.2 cm³/mol. The highest BCUT2D eigenvalue weighted by molar-refractivity contribution is 5.73. The third-order valence-corrected chi connectivity index (χ3v) is 2.81. The molecule has 1 atom stereocenters. The van der Waals surface area contributed by atoms with E-state index in [1.165, 1.54) is 0 Å². The summed E-state index contributed by atoms with van der Waals surface area (Å²) < 4.78 is 0. The van der Waals surface area contributed by atoms with E-state index in [1.807, 2.05) is 54.6 Å².